The maximum atomic E-state index is 9.81. The maximum absolute atomic E-state index is 9.81. The van der Waals surface area contributed by atoms with Crippen molar-refractivity contribution in [3.8, 4) is 11.8 Å². The normalized spacial score (nSPS) is 19.3. The third-order valence-electron chi connectivity index (χ3n) is 3.06. The molecule has 2 N–H and O–H groups in total. The Morgan fingerprint density at radius 3 is 2.53 bits per heavy atom. The summed E-state index contributed by atoms with van der Waals surface area (Å²) in [4.78, 5) is 0. The summed E-state index contributed by atoms with van der Waals surface area (Å²) in [5.41, 5.74) is 0. The SMILES string of the molecule is OCCCCC#CC(O)C1CCCCC1. The third-order valence-corrected chi connectivity index (χ3v) is 3.06. The molecule has 2 heteroatoms. The lowest BCUT2D eigenvalue weighted by Gasteiger charge is -2.23. The van der Waals surface area contributed by atoms with E-state index >= 15 is 0 Å². The zero-order valence-corrected chi connectivity index (χ0v) is 9.41. The molecule has 1 saturated carbocycles. The Morgan fingerprint density at radius 2 is 1.87 bits per heavy atom. The predicted molar refractivity (Wildman–Crippen MR) is 61.3 cm³/mol. The Kier molecular flexibility index (Phi) is 6.47. The molecule has 0 aromatic carbocycles. The number of aliphatic hydroxyl groups is 2. The van der Waals surface area contributed by atoms with Crippen LogP contribution in [-0.4, -0.2) is 22.9 Å². The van der Waals surface area contributed by atoms with Gasteiger partial charge >= 0.3 is 0 Å². The lowest BCUT2D eigenvalue weighted by molar-refractivity contribution is 0.133. The molecule has 1 atom stereocenters. The van der Waals surface area contributed by atoms with Crippen LogP contribution >= 0.6 is 0 Å². The molecule has 1 fully saturated rings. The van der Waals surface area contributed by atoms with E-state index in [0.29, 0.717) is 5.92 Å². The van der Waals surface area contributed by atoms with Crippen molar-refractivity contribution in [1.82, 2.24) is 0 Å². The second-order valence-corrected chi connectivity index (χ2v) is 4.34. The van der Waals surface area contributed by atoms with Gasteiger partial charge in [-0.1, -0.05) is 25.2 Å². The second-order valence-electron chi connectivity index (χ2n) is 4.34. The highest BCUT2D eigenvalue weighted by Gasteiger charge is 2.19. The summed E-state index contributed by atoms with van der Waals surface area (Å²) >= 11 is 0. The maximum Gasteiger partial charge on any atom is 0.117 e. The van der Waals surface area contributed by atoms with Crippen LogP contribution in [-0.2, 0) is 0 Å². The second kappa shape index (κ2) is 7.73. The first-order valence-electron chi connectivity index (χ1n) is 6.12. The summed E-state index contributed by atoms with van der Waals surface area (Å²) in [6, 6.07) is 0. The van der Waals surface area contributed by atoms with Crippen molar-refractivity contribution in [1.29, 1.82) is 0 Å². The zero-order chi connectivity index (χ0) is 10.9. The van der Waals surface area contributed by atoms with Crippen LogP contribution in [0.4, 0.5) is 0 Å². The van der Waals surface area contributed by atoms with E-state index in [1.54, 1.807) is 0 Å². The van der Waals surface area contributed by atoms with Crippen molar-refractivity contribution in [2.24, 2.45) is 5.92 Å². The highest BCUT2D eigenvalue weighted by atomic mass is 16.3. The number of unbranched alkanes of at least 4 members (excludes halogenated alkanes) is 2. The van der Waals surface area contributed by atoms with E-state index in [1.165, 1.54) is 19.3 Å². The molecule has 0 amide bonds. The minimum Gasteiger partial charge on any atom is -0.396 e. The topological polar surface area (TPSA) is 40.5 Å². The standard InChI is InChI=1S/C13H22O2/c14-11-7-2-1-6-10-13(15)12-8-4-3-5-9-12/h12-15H,1-5,7-9,11H2. The van der Waals surface area contributed by atoms with E-state index in [2.05, 4.69) is 11.8 Å². The van der Waals surface area contributed by atoms with Crippen molar-refractivity contribution >= 4 is 0 Å². The van der Waals surface area contributed by atoms with Gasteiger partial charge in [-0.05, 0) is 31.6 Å². The quantitative estimate of drug-likeness (QED) is 0.551. The largest absolute Gasteiger partial charge is 0.396 e. The number of hydrogen-bond donors (Lipinski definition) is 2. The molecular formula is C13H22O2. The summed E-state index contributed by atoms with van der Waals surface area (Å²) < 4.78 is 0. The summed E-state index contributed by atoms with van der Waals surface area (Å²) in [6.45, 7) is 0.243. The highest BCUT2D eigenvalue weighted by Crippen LogP contribution is 2.26. The molecule has 0 aromatic heterocycles. The third kappa shape index (κ3) is 5.20. The first-order valence-corrected chi connectivity index (χ1v) is 6.12. The van der Waals surface area contributed by atoms with E-state index in [0.717, 1.165) is 32.1 Å². The van der Waals surface area contributed by atoms with Gasteiger partial charge in [0, 0.05) is 13.0 Å². The summed E-state index contributed by atoms with van der Waals surface area (Å²) in [6.07, 6.45) is 8.19. The molecular weight excluding hydrogens is 188 g/mol. The molecule has 1 aliphatic carbocycles. The molecule has 86 valence electrons. The first kappa shape index (κ1) is 12.5. The molecule has 0 radical (unpaired) electrons. The van der Waals surface area contributed by atoms with Crippen LogP contribution < -0.4 is 0 Å². The lowest BCUT2D eigenvalue weighted by Crippen LogP contribution is -2.21. The van der Waals surface area contributed by atoms with Gasteiger partial charge in [0.2, 0.25) is 0 Å². The minimum absolute atomic E-state index is 0.243. The number of rotatable bonds is 4. The van der Waals surface area contributed by atoms with Gasteiger partial charge in [-0.15, -0.1) is 5.92 Å². The van der Waals surface area contributed by atoms with E-state index in [4.69, 9.17) is 5.11 Å². The first-order chi connectivity index (χ1) is 7.34. The van der Waals surface area contributed by atoms with Crippen molar-refractivity contribution < 1.29 is 10.2 Å². The average Bonchev–Trinajstić information content (AvgIpc) is 2.30. The monoisotopic (exact) mass is 210 g/mol. The van der Waals surface area contributed by atoms with Crippen molar-refractivity contribution in [3.05, 3.63) is 0 Å². The van der Waals surface area contributed by atoms with Crippen molar-refractivity contribution in [2.75, 3.05) is 6.61 Å². The molecule has 1 aliphatic rings. The molecule has 0 heterocycles. The van der Waals surface area contributed by atoms with E-state index in [1.807, 2.05) is 0 Å². The average molecular weight is 210 g/mol. The van der Waals surface area contributed by atoms with Crippen LogP contribution in [0.2, 0.25) is 0 Å². The van der Waals surface area contributed by atoms with Crippen LogP contribution in [0.1, 0.15) is 51.4 Å². The molecule has 0 aliphatic heterocycles. The predicted octanol–water partition coefficient (Wildman–Crippen LogP) is 2.09. The van der Waals surface area contributed by atoms with Crippen LogP contribution in [0.3, 0.4) is 0 Å². The Labute approximate surface area is 92.7 Å². The Bertz CT molecular complexity index is 208. The minimum atomic E-state index is -0.417. The summed E-state index contributed by atoms with van der Waals surface area (Å²) in [5.74, 6) is 6.35. The molecule has 1 rings (SSSR count). The van der Waals surface area contributed by atoms with Gasteiger partial charge in [0.15, 0.2) is 0 Å². The molecule has 0 aromatic rings. The van der Waals surface area contributed by atoms with Crippen LogP contribution in [0, 0.1) is 17.8 Å². The van der Waals surface area contributed by atoms with Crippen LogP contribution in [0.25, 0.3) is 0 Å². The summed E-state index contributed by atoms with van der Waals surface area (Å²) in [7, 11) is 0. The Morgan fingerprint density at radius 1 is 1.13 bits per heavy atom. The fourth-order valence-electron chi connectivity index (χ4n) is 2.07. The van der Waals surface area contributed by atoms with Gasteiger partial charge in [-0.2, -0.15) is 0 Å². The van der Waals surface area contributed by atoms with Crippen molar-refractivity contribution in [3.63, 3.8) is 0 Å². The van der Waals surface area contributed by atoms with Crippen molar-refractivity contribution in [2.45, 2.75) is 57.5 Å². The zero-order valence-electron chi connectivity index (χ0n) is 9.41. The van der Waals surface area contributed by atoms with Gasteiger partial charge < -0.3 is 10.2 Å². The van der Waals surface area contributed by atoms with Gasteiger partial charge in [0.1, 0.15) is 6.10 Å². The van der Waals surface area contributed by atoms with E-state index in [9.17, 15) is 5.11 Å². The van der Waals surface area contributed by atoms with E-state index < -0.39 is 6.10 Å². The van der Waals surface area contributed by atoms with Gasteiger partial charge in [0.25, 0.3) is 0 Å². The molecule has 2 nitrogen and oxygen atoms in total. The number of hydrogen-bond acceptors (Lipinski definition) is 2. The van der Waals surface area contributed by atoms with E-state index in [-0.39, 0.29) is 6.61 Å². The summed E-state index contributed by atoms with van der Waals surface area (Å²) in [5, 5.41) is 18.4. The fourth-order valence-corrected chi connectivity index (χ4v) is 2.07. The van der Waals surface area contributed by atoms with Crippen LogP contribution in [0.15, 0.2) is 0 Å². The molecule has 1 unspecified atom stereocenters. The molecule has 0 bridgehead atoms. The number of aliphatic hydroxyl groups excluding tert-OH is 2. The van der Waals surface area contributed by atoms with Gasteiger partial charge in [-0.25, -0.2) is 0 Å². The molecule has 0 saturated heterocycles. The smallest absolute Gasteiger partial charge is 0.117 e. The molecule has 0 spiro atoms. The fraction of sp³-hybridized carbons (Fsp3) is 0.846. The Hall–Kier alpha value is -0.520. The molecule has 15 heavy (non-hydrogen) atoms. The van der Waals surface area contributed by atoms with Gasteiger partial charge in [-0.3, -0.25) is 0 Å². The van der Waals surface area contributed by atoms with Crippen LogP contribution in [0.5, 0.6) is 0 Å². The highest BCUT2D eigenvalue weighted by molar-refractivity contribution is 5.06. The lowest BCUT2D eigenvalue weighted by atomic mass is 9.85. The van der Waals surface area contributed by atoms with Gasteiger partial charge in [0.05, 0.1) is 0 Å². The Balaban J connectivity index is 2.17.